The van der Waals surface area contributed by atoms with Crippen molar-refractivity contribution in [2.45, 2.75) is 19.3 Å². The maximum absolute atomic E-state index is 5.88. The van der Waals surface area contributed by atoms with Crippen LogP contribution in [-0.2, 0) is 5.41 Å². The van der Waals surface area contributed by atoms with E-state index in [1.807, 2.05) is 36.4 Å². The van der Waals surface area contributed by atoms with Gasteiger partial charge < -0.3 is 10.2 Å². The summed E-state index contributed by atoms with van der Waals surface area (Å²) in [6.07, 6.45) is 0. The molecule has 0 radical (unpaired) electrons. The Labute approximate surface area is 112 Å². The maximum atomic E-state index is 5.88. The van der Waals surface area contributed by atoms with Crippen molar-refractivity contribution in [3.05, 3.63) is 60.0 Å². The minimum atomic E-state index is -0.269. The van der Waals surface area contributed by atoms with Crippen LogP contribution >= 0.6 is 0 Å². The van der Waals surface area contributed by atoms with Gasteiger partial charge in [-0.3, -0.25) is 0 Å². The molecule has 3 rings (SSSR count). The molecular formula is C16H16N2O. The molecule has 0 amide bonds. The molecule has 0 aliphatic carbocycles. The Morgan fingerprint density at radius 2 is 1.79 bits per heavy atom. The maximum Gasteiger partial charge on any atom is 0.205 e. The van der Waals surface area contributed by atoms with E-state index in [4.69, 9.17) is 10.2 Å². The summed E-state index contributed by atoms with van der Waals surface area (Å²) < 4.78 is 5.88. The highest BCUT2D eigenvalue weighted by Gasteiger charge is 2.28. The van der Waals surface area contributed by atoms with E-state index in [1.54, 1.807) is 0 Å². The molecule has 19 heavy (non-hydrogen) atoms. The van der Waals surface area contributed by atoms with Crippen LogP contribution in [0, 0.1) is 0 Å². The molecule has 0 unspecified atom stereocenters. The Balaban J connectivity index is 2.13. The first-order chi connectivity index (χ1) is 9.07. The normalized spacial score (nSPS) is 11.9. The summed E-state index contributed by atoms with van der Waals surface area (Å²) in [7, 11) is 0. The molecule has 0 saturated carbocycles. The van der Waals surface area contributed by atoms with Gasteiger partial charge in [-0.15, -0.1) is 0 Å². The molecule has 0 aliphatic rings. The smallest absolute Gasteiger partial charge is 0.205 e. The van der Waals surface area contributed by atoms with Gasteiger partial charge in [-0.1, -0.05) is 30.3 Å². The molecule has 1 aromatic heterocycles. The number of hydrogen-bond acceptors (Lipinski definition) is 3. The van der Waals surface area contributed by atoms with Crippen LogP contribution in [0.4, 0.5) is 5.69 Å². The largest absolute Gasteiger partial charge is 0.440 e. The highest BCUT2D eigenvalue weighted by molar-refractivity contribution is 5.76. The number of benzene rings is 2. The van der Waals surface area contributed by atoms with E-state index in [1.165, 1.54) is 5.56 Å². The fourth-order valence-corrected chi connectivity index (χ4v) is 2.19. The van der Waals surface area contributed by atoms with Crippen molar-refractivity contribution in [3.8, 4) is 0 Å². The summed E-state index contributed by atoms with van der Waals surface area (Å²) in [6.45, 7) is 4.22. The minimum Gasteiger partial charge on any atom is -0.440 e. The van der Waals surface area contributed by atoms with Gasteiger partial charge in [0.15, 0.2) is 5.58 Å². The molecule has 2 aromatic carbocycles. The SMILES string of the molecule is CC(C)(c1ccccc1)c1nc2cc(N)ccc2o1. The molecule has 3 nitrogen and oxygen atoms in total. The minimum absolute atomic E-state index is 0.269. The molecule has 0 atom stereocenters. The third-order valence-electron chi connectivity index (χ3n) is 3.44. The highest BCUT2D eigenvalue weighted by Crippen LogP contribution is 2.33. The van der Waals surface area contributed by atoms with Crippen LogP contribution in [0.2, 0.25) is 0 Å². The monoisotopic (exact) mass is 252 g/mol. The average molecular weight is 252 g/mol. The van der Waals surface area contributed by atoms with Gasteiger partial charge in [0.05, 0.1) is 5.41 Å². The van der Waals surface area contributed by atoms with Gasteiger partial charge in [0.2, 0.25) is 5.89 Å². The molecule has 1 heterocycles. The van der Waals surface area contributed by atoms with Gasteiger partial charge >= 0.3 is 0 Å². The second-order valence-corrected chi connectivity index (χ2v) is 5.24. The molecule has 96 valence electrons. The van der Waals surface area contributed by atoms with Crippen LogP contribution in [0.15, 0.2) is 52.9 Å². The molecule has 0 fully saturated rings. The predicted molar refractivity (Wildman–Crippen MR) is 77.0 cm³/mol. The van der Waals surface area contributed by atoms with E-state index in [2.05, 4.69) is 31.0 Å². The third kappa shape index (κ3) is 1.97. The summed E-state index contributed by atoms with van der Waals surface area (Å²) in [5, 5.41) is 0. The van der Waals surface area contributed by atoms with E-state index >= 15 is 0 Å². The molecule has 0 aliphatic heterocycles. The number of rotatable bonds is 2. The summed E-state index contributed by atoms with van der Waals surface area (Å²) in [6, 6.07) is 15.8. The van der Waals surface area contributed by atoms with Gasteiger partial charge in [-0.25, -0.2) is 4.98 Å². The Morgan fingerprint density at radius 1 is 1.05 bits per heavy atom. The molecule has 2 N–H and O–H groups in total. The summed E-state index contributed by atoms with van der Waals surface area (Å²) in [5.74, 6) is 0.708. The lowest BCUT2D eigenvalue weighted by Gasteiger charge is -2.20. The number of hydrogen-bond donors (Lipinski definition) is 1. The van der Waals surface area contributed by atoms with Crippen molar-refractivity contribution in [3.63, 3.8) is 0 Å². The Kier molecular flexibility index (Phi) is 2.56. The number of oxazole rings is 1. The first kappa shape index (κ1) is 11.8. The van der Waals surface area contributed by atoms with Crippen molar-refractivity contribution in [2.75, 3.05) is 5.73 Å². The van der Waals surface area contributed by atoms with E-state index < -0.39 is 0 Å². The fraction of sp³-hybridized carbons (Fsp3) is 0.188. The second kappa shape index (κ2) is 4.12. The van der Waals surface area contributed by atoms with Crippen molar-refractivity contribution < 1.29 is 4.42 Å². The van der Waals surface area contributed by atoms with Crippen LogP contribution in [-0.4, -0.2) is 4.98 Å². The molecule has 3 aromatic rings. The topological polar surface area (TPSA) is 52.0 Å². The van der Waals surface area contributed by atoms with Crippen molar-refractivity contribution in [1.82, 2.24) is 4.98 Å². The Hall–Kier alpha value is -2.29. The van der Waals surface area contributed by atoms with Gasteiger partial charge in [-0.05, 0) is 37.6 Å². The molecule has 0 spiro atoms. The van der Waals surface area contributed by atoms with Crippen LogP contribution in [0.5, 0.6) is 0 Å². The zero-order valence-corrected chi connectivity index (χ0v) is 11.1. The van der Waals surface area contributed by atoms with E-state index in [9.17, 15) is 0 Å². The Bertz CT molecular complexity index is 714. The molecular weight excluding hydrogens is 236 g/mol. The quantitative estimate of drug-likeness (QED) is 0.707. The van der Waals surface area contributed by atoms with Crippen molar-refractivity contribution in [2.24, 2.45) is 0 Å². The van der Waals surface area contributed by atoms with Gasteiger partial charge in [0, 0.05) is 5.69 Å². The second-order valence-electron chi connectivity index (χ2n) is 5.24. The third-order valence-corrected chi connectivity index (χ3v) is 3.44. The number of fused-ring (bicyclic) bond motifs is 1. The number of nitrogen functional groups attached to an aromatic ring is 1. The zero-order valence-electron chi connectivity index (χ0n) is 11.1. The van der Waals surface area contributed by atoms with Crippen LogP contribution in [0.3, 0.4) is 0 Å². The standard InChI is InChI=1S/C16H16N2O/c1-16(2,11-6-4-3-5-7-11)15-18-13-10-12(17)8-9-14(13)19-15/h3-10H,17H2,1-2H3. The lowest BCUT2D eigenvalue weighted by Crippen LogP contribution is -2.19. The molecule has 0 bridgehead atoms. The van der Waals surface area contributed by atoms with E-state index in [0.29, 0.717) is 11.6 Å². The average Bonchev–Trinajstić information content (AvgIpc) is 2.83. The highest BCUT2D eigenvalue weighted by atomic mass is 16.3. The van der Waals surface area contributed by atoms with Gasteiger partial charge in [-0.2, -0.15) is 0 Å². The number of anilines is 1. The molecule has 0 saturated heterocycles. The zero-order chi connectivity index (χ0) is 13.5. The summed E-state index contributed by atoms with van der Waals surface area (Å²) in [5.41, 5.74) is 8.95. The summed E-state index contributed by atoms with van der Waals surface area (Å²) in [4.78, 5) is 4.57. The Morgan fingerprint density at radius 3 is 2.53 bits per heavy atom. The van der Waals surface area contributed by atoms with E-state index in [-0.39, 0.29) is 5.41 Å². The van der Waals surface area contributed by atoms with Crippen LogP contribution in [0.1, 0.15) is 25.3 Å². The van der Waals surface area contributed by atoms with E-state index in [0.717, 1.165) is 11.1 Å². The number of aromatic nitrogens is 1. The van der Waals surface area contributed by atoms with Gasteiger partial charge in [0.25, 0.3) is 0 Å². The first-order valence-corrected chi connectivity index (χ1v) is 6.29. The van der Waals surface area contributed by atoms with Crippen molar-refractivity contribution >= 4 is 16.8 Å². The van der Waals surface area contributed by atoms with Crippen LogP contribution in [0.25, 0.3) is 11.1 Å². The number of nitrogens with two attached hydrogens (primary N) is 1. The lowest BCUT2D eigenvalue weighted by atomic mass is 9.84. The number of nitrogens with zero attached hydrogens (tertiary/aromatic N) is 1. The molecule has 3 heteroatoms. The summed E-state index contributed by atoms with van der Waals surface area (Å²) >= 11 is 0. The van der Waals surface area contributed by atoms with Crippen LogP contribution < -0.4 is 5.73 Å². The lowest BCUT2D eigenvalue weighted by molar-refractivity contribution is 0.433. The predicted octanol–water partition coefficient (Wildman–Crippen LogP) is 3.74. The fourth-order valence-electron chi connectivity index (χ4n) is 2.19. The first-order valence-electron chi connectivity index (χ1n) is 6.29. The van der Waals surface area contributed by atoms with Crippen molar-refractivity contribution in [1.29, 1.82) is 0 Å². The van der Waals surface area contributed by atoms with Gasteiger partial charge in [0.1, 0.15) is 5.52 Å².